The summed E-state index contributed by atoms with van der Waals surface area (Å²) in [4.78, 5) is 20.2. The standard InChI is InChI=1S/C25H30FN3O/c1-27-15-11-25(12-16-27)13-17-28(18-25)24(30)29-14-10-19-4-2-3-5-22(19)23(29)20-6-8-21(26)9-7-20/h2-9,23H,10-18H2,1H3/t23-/m0/s1. The fourth-order valence-electron chi connectivity index (χ4n) is 5.56. The summed E-state index contributed by atoms with van der Waals surface area (Å²) in [6.45, 7) is 4.66. The third-order valence-electron chi connectivity index (χ3n) is 7.47. The SMILES string of the molecule is CN1CCC2(CC1)CCN(C(=O)N1CCc3ccccc3[C@@H]1c1ccc(F)cc1)C2. The Labute approximate surface area is 178 Å². The van der Waals surface area contributed by atoms with Gasteiger partial charge in [-0.3, -0.25) is 0 Å². The lowest BCUT2D eigenvalue weighted by atomic mass is 9.78. The van der Waals surface area contributed by atoms with Gasteiger partial charge in [-0.25, -0.2) is 9.18 Å². The minimum atomic E-state index is -0.246. The van der Waals surface area contributed by atoms with E-state index < -0.39 is 0 Å². The molecule has 2 aromatic rings. The van der Waals surface area contributed by atoms with Crippen LogP contribution in [-0.4, -0.2) is 60.5 Å². The molecule has 4 nitrogen and oxygen atoms in total. The highest BCUT2D eigenvalue weighted by Gasteiger charge is 2.44. The molecule has 3 aliphatic rings. The molecule has 158 valence electrons. The predicted octanol–water partition coefficient (Wildman–Crippen LogP) is 4.31. The van der Waals surface area contributed by atoms with Crippen molar-refractivity contribution in [2.24, 2.45) is 5.41 Å². The van der Waals surface area contributed by atoms with Crippen LogP contribution in [0.1, 0.15) is 42.0 Å². The van der Waals surface area contributed by atoms with Gasteiger partial charge in [0.2, 0.25) is 0 Å². The van der Waals surface area contributed by atoms with E-state index >= 15 is 0 Å². The maximum Gasteiger partial charge on any atom is 0.320 e. The maximum absolute atomic E-state index is 13.7. The van der Waals surface area contributed by atoms with Gasteiger partial charge in [-0.2, -0.15) is 0 Å². The van der Waals surface area contributed by atoms with Crippen LogP contribution in [0.2, 0.25) is 0 Å². The third kappa shape index (κ3) is 3.49. The van der Waals surface area contributed by atoms with Crippen LogP contribution in [0, 0.1) is 11.2 Å². The van der Waals surface area contributed by atoms with Crippen LogP contribution in [-0.2, 0) is 6.42 Å². The molecule has 1 spiro atoms. The molecule has 3 aliphatic heterocycles. The lowest BCUT2D eigenvalue weighted by Gasteiger charge is -2.41. The van der Waals surface area contributed by atoms with E-state index in [1.807, 2.05) is 23.1 Å². The minimum absolute atomic E-state index is 0.134. The summed E-state index contributed by atoms with van der Waals surface area (Å²) in [7, 11) is 2.18. The summed E-state index contributed by atoms with van der Waals surface area (Å²) in [5.74, 6) is -0.246. The Kier molecular flexibility index (Phi) is 5.02. The molecular weight excluding hydrogens is 377 g/mol. The Morgan fingerprint density at radius 2 is 1.67 bits per heavy atom. The van der Waals surface area contributed by atoms with Crippen molar-refractivity contribution in [2.75, 3.05) is 39.8 Å². The average molecular weight is 408 g/mol. The second-order valence-electron chi connectivity index (χ2n) is 9.35. The fraction of sp³-hybridized carbons (Fsp3) is 0.480. The first-order chi connectivity index (χ1) is 14.5. The van der Waals surface area contributed by atoms with E-state index in [4.69, 9.17) is 0 Å². The molecule has 0 N–H and O–H groups in total. The molecule has 0 aliphatic carbocycles. The number of halogens is 1. The molecule has 2 saturated heterocycles. The van der Waals surface area contributed by atoms with Gasteiger partial charge in [-0.1, -0.05) is 36.4 Å². The second-order valence-corrected chi connectivity index (χ2v) is 9.35. The Morgan fingerprint density at radius 1 is 0.967 bits per heavy atom. The maximum atomic E-state index is 13.7. The molecule has 3 heterocycles. The van der Waals surface area contributed by atoms with Gasteiger partial charge < -0.3 is 14.7 Å². The molecule has 0 aromatic heterocycles. The first-order valence-corrected chi connectivity index (χ1v) is 11.1. The number of carbonyl (C=O) groups excluding carboxylic acids is 1. The van der Waals surface area contributed by atoms with E-state index in [0.29, 0.717) is 12.0 Å². The van der Waals surface area contributed by atoms with Crippen LogP contribution in [0.3, 0.4) is 0 Å². The van der Waals surface area contributed by atoms with Gasteiger partial charge in [0.1, 0.15) is 5.82 Å². The Hall–Kier alpha value is -2.40. The molecule has 0 unspecified atom stereocenters. The van der Waals surface area contributed by atoms with Gasteiger partial charge in [0.25, 0.3) is 0 Å². The first-order valence-electron chi connectivity index (χ1n) is 11.1. The van der Waals surface area contributed by atoms with Crippen molar-refractivity contribution in [2.45, 2.75) is 31.7 Å². The highest BCUT2D eigenvalue weighted by molar-refractivity contribution is 5.76. The molecule has 2 aromatic carbocycles. The molecule has 30 heavy (non-hydrogen) atoms. The van der Waals surface area contributed by atoms with E-state index in [0.717, 1.165) is 50.1 Å². The van der Waals surface area contributed by atoms with Gasteiger partial charge in [0.05, 0.1) is 6.04 Å². The van der Waals surface area contributed by atoms with Gasteiger partial charge in [-0.05, 0) is 80.1 Å². The van der Waals surface area contributed by atoms with Crippen LogP contribution < -0.4 is 0 Å². The summed E-state index contributed by atoms with van der Waals surface area (Å²) >= 11 is 0. The van der Waals surface area contributed by atoms with Gasteiger partial charge in [0, 0.05) is 19.6 Å². The summed E-state index contributed by atoms with van der Waals surface area (Å²) in [5, 5.41) is 0. The number of carbonyl (C=O) groups is 1. The molecule has 0 bridgehead atoms. The number of benzene rings is 2. The first kappa shape index (κ1) is 19.6. The molecule has 5 heteroatoms. The van der Waals surface area contributed by atoms with Crippen molar-refractivity contribution in [3.8, 4) is 0 Å². The number of hydrogen-bond acceptors (Lipinski definition) is 2. The molecule has 0 saturated carbocycles. The number of fused-ring (bicyclic) bond motifs is 1. The fourth-order valence-corrected chi connectivity index (χ4v) is 5.56. The predicted molar refractivity (Wildman–Crippen MR) is 116 cm³/mol. The molecule has 2 amide bonds. The monoisotopic (exact) mass is 407 g/mol. The number of likely N-dealkylation sites (tertiary alicyclic amines) is 2. The Balaban J connectivity index is 1.42. The largest absolute Gasteiger partial charge is 0.324 e. The lowest BCUT2D eigenvalue weighted by Crippen LogP contribution is -2.48. The van der Waals surface area contributed by atoms with Crippen LogP contribution in [0.25, 0.3) is 0 Å². The third-order valence-corrected chi connectivity index (χ3v) is 7.47. The van der Waals surface area contributed by atoms with Crippen molar-refractivity contribution in [3.63, 3.8) is 0 Å². The second kappa shape index (κ2) is 7.69. The highest BCUT2D eigenvalue weighted by Crippen LogP contribution is 2.42. The normalized spacial score (nSPS) is 23.6. The van der Waals surface area contributed by atoms with Crippen molar-refractivity contribution >= 4 is 6.03 Å². The number of piperidine rings is 1. The smallest absolute Gasteiger partial charge is 0.320 e. The van der Waals surface area contributed by atoms with E-state index in [2.05, 4.69) is 35.0 Å². The highest BCUT2D eigenvalue weighted by atomic mass is 19.1. The van der Waals surface area contributed by atoms with Crippen molar-refractivity contribution < 1.29 is 9.18 Å². The van der Waals surface area contributed by atoms with E-state index in [1.165, 1.54) is 30.5 Å². The van der Waals surface area contributed by atoms with E-state index in [9.17, 15) is 9.18 Å². The van der Waals surface area contributed by atoms with Crippen molar-refractivity contribution in [1.82, 2.24) is 14.7 Å². The van der Waals surface area contributed by atoms with Gasteiger partial charge in [-0.15, -0.1) is 0 Å². The van der Waals surface area contributed by atoms with Crippen LogP contribution in [0.4, 0.5) is 9.18 Å². The zero-order valence-electron chi connectivity index (χ0n) is 17.7. The number of hydrogen-bond donors (Lipinski definition) is 0. The minimum Gasteiger partial charge on any atom is -0.324 e. The lowest BCUT2D eigenvalue weighted by molar-refractivity contribution is 0.114. The zero-order valence-corrected chi connectivity index (χ0v) is 17.7. The number of nitrogens with zero attached hydrogens (tertiary/aromatic N) is 3. The zero-order chi connectivity index (χ0) is 20.7. The van der Waals surface area contributed by atoms with E-state index in [-0.39, 0.29) is 17.9 Å². The summed E-state index contributed by atoms with van der Waals surface area (Å²) in [6.07, 6.45) is 4.33. The number of urea groups is 1. The number of amides is 2. The van der Waals surface area contributed by atoms with Gasteiger partial charge in [0.15, 0.2) is 0 Å². The average Bonchev–Trinajstić information content (AvgIpc) is 3.19. The van der Waals surface area contributed by atoms with Crippen LogP contribution in [0.5, 0.6) is 0 Å². The Bertz CT molecular complexity index is 920. The van der Waals surface area contributed by atoms with Crippen molar-refractivity contribution in [3.05, 3.63) is 71.0 Å². The van der Waals surface area contributed by atoms with Gasteiger partial charge >= 0.3 is 6.03 Å². The van der Waals surface area contributed by atoms with Crippen molar-refractivity contribution in [1.29, 1.82) is 0 Å². The Morgan fingerprint density at radius 3 is 2.43 bits per heavy atom. The number of rotatable bonds is 1. The molecule has 0 radical (unpaired) electrons. The van der Waals surface area contributed by atoms with Crippen LogP contribution in [0.15, 0.2) is 48.5 Å². The molecule has 5 rings (SSSR count). The molecule has 2 fully saturated rings. The van der Waals surface area contributed by atoms with Crippen LogP contribution >= 0.6 is 0 Å². The summed E-state index contributed by atoms with van der Waals surface area (Å²) in [5.41, 5.74) is 3.72. The molecule has 1 atom stereocenters. The summed E-state index contributed by atoms with van der Waals surface area (Å²) in [6, 6.07) is 15.0. The van der Waals surface area contributed by atoms with E-state index in [1.54, 1.807) is 0 Å². The molecular formula is C25H30FN3O. The quantitative estimate of drug-likeness (QED) is 0.704. The summed E-state index contributed by atoms with van der Waals surface area (Å²) < 4.78 is 13.6. The topological polar surface area (TPSA) is 26.8 Å².